The summed E-state index contributed by atoms with van der Waals surface area (Å²) < 4.78 is 111. The summed E-state index contributed by atoms with van der Waals surface area (Å²) in [4.78, 5) is 73.9. The van der Waals surface area contributed by atoms with Gasteiger partial charge in [0.15, 0.2) is 5.78 Å². The van der Waals surface area contributed by atoms with Crippen molar-refractivity contribution in [2.24, 2.45) is 0 Å². The number of pyridine rings is 10. The fourth-order valence-electron chi connectivity index (χ4n) is 9.84. The van der Waals surface area contributed by atoms with Crippen molar-refractivity contribution < 1.29 is 140 Å². The number of allylic oxidation sites excluding steroid dienone is 3. The number of benzene rings is 1. The number of carbonyl (C=O) groups excluding carboxylic acids is 2. The van der Waals surface area contributed by atoms with Crippen molar-refractivity contribution in [1.82, 2.24) is 75.0 Å². The summed E-state index contributed by atoms with van der Waals surface area (Å²) in [7, 11) is -5.38. The first kappa shape index (κ1) is 110. The van der Waals surface area contributed by atoms with E-state index >= 15 is 0 Å². The van der Waals surface area contributed by atoms with Crippen LogP contribution in [-0.4, -0.2) is 131 Å². The van der Waals surface area contributed by atoms with Crippen molar-refractivity contribution in [1.29, 1.82) is 0 Å². The quantitative estimate of drug-likeness (QED) is 0.0256. The van der Waals surface area contributed by atoms with Crippen LogP contribution in [0.5, 0.6) is 0 Å². The van der Waals surface area contributed by atoms with E-state index in [9.17, 15) is 54.2 Å². The normalized spacial score (nSPS) is 11.2. The molecule has 0 aliphatic heterocycles. The minimum atomic E-state index is -5.18. The standard InChI is InChI=1S/2C15H19N2Si.2C13H13F2N2Si.C10H10O2.C8H7N4.C8H6N3.C6H5F5O2.4Ir/c2*1-11-6-8-14(12(2)17-11)15-9-7-13(10-16-15)18(3,4)5;2*1-18(2,3)9-4-6-11(16-8-9)10-5-7-12(14)17-13(10)15;1-8(11)7-10(12)9-5-3-2-4-6-9;1-6-10-8(12-11-6)7-4-2-3-5-9-7;1-2-4-9-7(3-1)8-10-5-6-11-8;1-5(7,8)3(12)2-4(13)6(9,10)11;;;;/h2*6-7,9-10H,1-5H3;2*4,6-8H,1-3H3;2-7,12H,1H3;2-5H,1H3;1-6H;2,13H,1H3;;;;/q4*-1;;2*-1;;;;;. The summed E-state index contributed by atoms with van der Waals surface area (Å²) in [5.74, 6) is -10.1. The maximum absolute atomic E-state index is 13.5. The largest absolute Gasteiger partial charge is 0.507 e. The van der Waals surface area contributed by atoms with Crippen molar-refractivity contribution >= 4 is 70.4 Å². The number of hydrogen-bond acceptors (Lipinski definition) is 17. The average Bonchev–Trinajstić information content (AvgIpc) is 0.863. The summed E-state index contributed by atoms with van der Waals surface area (Å²) in [5, 5.41) is 30.2. The molecule has 124 heavy (non-hydrogen) atoms. The Balaban J connectivity index is 0.000000481. The minimum absolute atomic E-state index is 0. The molecule has 0 saturated carbocycles. The van der Waals surface area contributed by atoms with Gasteiger partial charge >= 0.3 is 12.1 Å². The molecule has 0 amide bonds. The van der Waals surface area contributed by atoms with E-state index in [1.807, 2.05) is 107 Å². The molecule has 12 aromatic heterocycles. The third-order valence-corrected chi connectivity index (χ3v) is 24.6. The Bertz CT molecular complexity index is 5100. The molecular formula is C88H92F9Ir4N15O4Si4-6. The predicted molar refractivity (Wildman–Crippen MR) is 460 cm³/mol. The van der Waals surface area contributed by atoms with Crippen molar-refractivity contribution in [2.45, 2.75) is 139 Å². The summed E-state index contributed by atoms with van der Waals surface area (Å²) in [6.45, 7) is 38.5. The van der Waals surface area contributed by atoms with E-state index in [-0.39, 0.29) is 110 Å². The number of ketones is 2. The molecule has 0 aliphatic rings. The van der Waals surface area contributed by atoms with Gasteiger partial charge in [-0.1, -0.05) is 233 Å². The monoisotopic (exact) mass is 2480 g/mol. The van der Waals surface area contributed by atoms with Crippen LogP contribution in [0.1, 0.15) is 48.0 Å². The molecule has 13 aromatic rings. The molecule has 2 N–H and O–H groups in total. The first-order valence-electron chi connectivity index (χ1n) is 37.1. The van der Waals surface area contributed by atoms with Crippen molar-refractivity contribution in [2.75, 3.05) is 0 Å². The van der Waals surface area contributed by atoms with Gasteiger partial charge in [0.1, 0.15) is 29.5 Å². The second kappa shape index (κ2) is 50.5. The molecule has 664 valence electrons. The zero-order chi connectivity index (χ0) is 89.1. The molecule has 36 heteroatoms. The summed E-state index contributed by atoms with van der Waals surface area (Å²) in [6, 6.07) is 53.5. The van der Waals surface area contributed by atoms with Gasteiger partial charge in [-0.05, 0) is 116 Å². The van der Waals surface area contributed by atoms with Gasteiger partial charge in [0.2, 0.25) is 11.5 Å². The van der Waals surface area contributed by atoms with Crippen LogP contribution >= 0.6 is 0 Å². The second-order valence-corrected chi connectivity index (χ2v) is 51.1. The Labute approximate surface area is 775 Å². The van der Waals surface area contributed by atoms with Crippen LogP contribution < -0.4 is 30.8 Å². The second-order valence-electron chi connectivity index (χ2n) is 30.8. The van der Waals surface area contributed by atoms with Gasteiger partial charge in [-0.25, -0.2) is 17.6 Å². The number of aliphatic hydroxyl groups is 2. The van der Waals surface area contributed by atoms with Crippen LogP contribution in [0, 0.1) is 82.7 Å². The number of nitrogens with zero attached hydrogens (tertiary/aromatic N) is 15. The maximum atomic E-state index is 13.5. The SMILES string of the molecule is CC(=O)C=C(O)c1ccccc1.CC(F)(F)C(=O)C=C(O)C(F)(F)F.C[Si](C)(C)c1ccc(-c2[c-]cc(F)nc2F)nc1.C[Si](C)(C)c1ccc(-c2[c-]cc(F)nc2F)nc1.Cc1c[c-]c(-c2ccc([Si](C)(C)C)cn2)c(C)n1.Cc1c[c-]c(-c2ccc([Si](C)(C)C)cn2)c(C)n1.Cc1n[n-]c(-c2ccccn2)n1.[Ir].[Ir].[Ir].[Ir].c1ccc(-c2ncc[n-]2)nc1. The molecule has 0 unspecified atom stereocenters. The zero-order valence-corrected chi connectivity index (χ0v) is 84.8. The molecule has 1 aromatic carbocycles. The molecular weight excluding hydrogens is 2380 g/mol. The Morgan fingerprint density at radius 3 is 1.06 bits per heavy atom. The van der Waals surface area contributed by atoms with Gasteiger partial charge < -0.3 is 60.2 Å². The van der Waals surface area contributed by atoms with Gasteiger partial charge in [-0.15, -0.1) is 47.5 Å². The van der Waals surface area contributed by atoms with Gasteiger partial charge in [0, 0.05) is 148 Å². The number of alkyl halides is 5. The maximum Gasteiger partial charge on any atom is 0.448 e. The number of carbonyl (C=O) groups is 2. The van der Waals surface area contributed by atoms with Crippen LogP contribution in [0.3, 0.4) is 0 Å². The minimum Gasteiger partial charge on any atom is -0.507 e. The first-order chi connectivity index (χ1) is 56.1. The molecule has 13 rings (SSSR count). The fraction of sp³-hybridized carbons (Fsp3) is 0.239. The Kier molecular flexibility index (Phi) is 44.9. The smallest absolute Gasteiger partial charge is 0.448 e. The molecule has 0 atom stereocenters. The van der Waals surface area contributed by atoms with E-state index in [0.717, 1.165) is 68.8 Å². The molecule has 0 spiro atoms. The van der Waals surface area contributed by atoms with Gasteiger partial charge in [0.25, 0.3) is 0 Å². The molecule has 12 heterocycles. The third-order valence-electron chi connectivity index (χ3n) is 16.5. The Morgan fingerprint density at radius 2 is 0.782 bits per heavy atom. The van der Waals surface area contributed by atoms with E-state index in [2.05, 4.69) is 202 Å². The summed E-state index contributed by atoms with van der Waals surface area (Å²) in [5.41, 5.74) is 11.2. The average molecular weight is 2480 g/mol. The van der Waals surface area contributed by atoms with Crippen LogP contribution in [0.15, 0.2) is 207 Å². The van der Waals surface area contributed by atoms with E-state index < -0.39 is 85.8 Å². The van der Waals surface area contributed by atoms with Gasteiger partial charge in [-0.2, -0.15) is 22.0 Å². The number of aryl methyl sites for hydroxylation is 5. The van der Waals surface area contributed by atoms with Crippen LogP contribution in [0.2, 0.25) is 78.6 Å². The number of halogens is 9. The van der Waals surface area contributed by atoms with Crippen LogP contribution in [0.4, 0.5) is 39.5 Å². The number of imidazole rings is 1. The predicted octanol–water partition coefficient (Wildman–Crippen LogP) is 18.0. The van der Waals surface area contributed by atoms with Crippen LogP contribution in [-0.2, 0) is 90.0 Å². The number of aromatic nitrogens is 15. The third kappa shape index (κ3) is 36.9. The summed E-state index contributed by atoms with van der Waals surface area (Å²) in [6.07, 6.45) is 9.75. The number of aliphatic hydroxyl groups excluding tert-OH is 2. The molecule has 0 bridgehead atoms. The summed E-state index contributed by atoms with van der Waals surface area (Å²) >= 11 is 0. The van der Waals surface area contributed by atoms with E-state index in [1.54, 1.807) is 80.5 Å². The van der Waals surface area contributed by atoms with E-state index in [1.165, 1.54) is 33.7 Å². The van der Waals surface area contributed by atoms with Gasteiger partial charge in [-0.3, -0.25) is 34.6 Å². The zero-order valence-electron chi connectivity index (χ0n) is 71.2. The van der Waals surface area contributed by atoms with E-state index in [0.29, 0.717) is 34.4 Å². The Hall–Kier alpha value is -9.68. The van der Waals surface area contributed by atoms with Crippen LogP contribution in [0.25, 0.3) is 73.8 Å². The molecule has 0 saturated heterocycles. The van der Waals surface area contributed by atoms with Crippen molar-refractivity contribution in [3.8, 4) is 68.1 Å². The molecule has 0 aliphatic carbocycles. The van der Waals surface area contributed by atoms with E-state index in [4.69, 9.17) is 5.11 Å². The number of rotatable bonds is 14. The van der Waals surface area contributed by atoms with Crippen molar-refractivity contribution in [3.63, 3.8) is 0 Å². The number of hydrogen-bond donors (Lipinski definition) is 2. The Morgan fingerprint density at radius 1 is 0.419 bits per heavy atom. The first-order valence-corrected chi connectivity index (χ1v) is 51.1. The topological polar surface area (TPSA) is 270 Å². The van der Waals surface area contributed by atoms with Gasteiger partial charge in [0.05, 0.1) is 43.7 Å². The molecule has 19 nitrogen and oxygen atoms in total. The molecule has 4 radical (unpaired) electrons. The van der Waals surface area contributed by atoms with Crippen molar-refractivity contribution in [3.05, 3.63) is 289 Å². The molecule has 0 fully saturated rings. The fourth-order valence-corrected chi connectivity index (χ4v) is 14.0.